The largest absolute Gasteiger partial charge is 0.393 e. The Hall–Kier alpha value is -1.29. The predicted octanol–water partition coefficient (Wildman–Crippen LogP) is 0.568. The van der Waals surface area contributed by atoms with Gasteiger partial charge in [0.1, 0.15) is 0 Å². The van der Waals surface area contributed by atoms with Gasteiger partial charge in [0.15, 0.2) is 0 Å². The van der Waals surface area contributed by atoms with Crippen LogP contribution < -0.4 is 10.9 Å². The van der Waals surface area contributed by atoms with Crippen LogP contribution >= 0.6 is 0 Å². The second kappa shape index (κ2) is 4.81. The number of aromatic nitrogens is 1. The third kappa shape index (κ3) is 3.22. The van der Waals surface area contributed by atoms with Crippen molar-refractivity contribution in [2.45, 2.75) is 19.4 Å². The number of hydrogen-bond acceptors (Lipinski definition) is 3. The van der Waals surface area contributed by atoms with Crippen LogP contribution in [0.4, 0.5) is 5.69 Å². The summed E-state index contributed by atoms with van der Waals surface area (Å²) in [6.45, 7) is 2.41. The second-order valence-corrected chi connectivity index (χ2v) is 3.43. The molecule has 1 unspecified atom stereocenters. The Labute approximate surface area is 83.2 Å². The summed E-state index contributed by atoms with van der Waals surface area (Å²) >= 11 is 0. The van der Waals surface area contributed by atoms with Crippen LogP contribution in [0, 0.1) is 0 Å². The molecule has 0 aliphatic heterocycles. The Morgan fingerprint density at radius 3 is 2.93 bits per heavy atom. The van der Waals surface area contributed by atoms with E-state index in [1.807, 2.05) is 6.07 Å². The van der Waals surface area contributed by atoms with Gasteiger partial charge in [-0.05, 0) is 19.4 Å². The highest BCUT2D eigenvalue weighted by Gasteiger charge is 1.97. The summed E-state index contributed by atoms with van der Waals surface area (Å²) in [5.74, 6) is 0. The minimum absolute atomic E-state index is 0.0351. The zero-order valence-electron chi connectivity index (χ0n) is 8.53. The molecule has 1 aromatic rings. The Kier molecular flexibility index (Phi) is 3.71. The Balaban J connectivity index is 2.52. The maximum absolute atomic E-state index is 11.2. The maximum Gasteiger partial charge on any atom is 0.252 e. The van der Waals surface area contributed by atoms with E-state index >= 15 is 0 Å². The van der Waals surface area contributed by atoms with E-state index < -0.39 is 0 Å². The molecule has 1 aromatic heterocycles. The quantitative estimate of drug-likeness (QED) is 0.740. The number of aliphatic hydroxyl groups is 1. The molecule has 0 radical (unpaired) electrons. The topological polar surface area (TPSA) is 54.3 Å². The van der Waals surface area contributed by atoms with Crippen molar-refractivity contribution in [3.63, 3.8) is 0 Å². The summed E-state index contributed by atoms with van der Waals surface area (Å²) in [6.07, 6.45) is 2.08. The molecule has 0 saturated heterocycles. The lowest BCUT2D eigenvalue weighted by Crippen LogP contribution is -2.16. The molecule has 1 heterocycles. The number of anilines is 1. The van der Waals surface area contributed by atoms with Crippen LogP contribution in [0.5, 0.6) is 0 Å². The van der Waals surface area contributed by atoms with Crippen LogP contribution in [0.3, 0.4) is 0 Å². The zero-order valence-corrected chi connectivity index (χ0v) is 8.53. The highest BCUT2D eigenvalue weighted by atomic mass is 16.3. The van der Waals surface area contributed by atoms with E-state index in [0.29, 0.717) is 13.0 Å². The Morgan fingerprint density at radius 2 is 2.36 bits per heavy atom. The molecule has 0 aliphatic rings. The Bertz CT molecular complexity index is 344. The number of rotatable bonds is 4. The molecule has 0 fully saturated rings. The maximum atomic E-state index is 11.2. The Morgan fingerprint density at radius 1 is 1.64 bits per heavy atom. The van der Waals surface area contributed by atoms with Crippen molar-refractivity contribution in [3.8, 4) is 0 Å². The molecule has 0 spiro atoms. The van der Waals surface area contributed by atoms with E-state index in [0.717, 1.165) is 5.69 Å². The molecular formula is C10H16N2O2. The van der Waals surface area contributed by atoms with Gasteiger partial charge in [-0.1, -0.05) is 0 Å². The van der Waals surface area contributed by atoms with E-state index in [1.54, 1.807) is 26.2 Å². The molecule has 4 heteroatoms. The van der Waals surface area contributed by atoms with Gasteiger partial charge in [-0.2, -0.15) is 0 Å². The minimum atomic E-state index is -0.311. The molecule has 0 amide bonds. The van der Waals surface area contributed by atoms with E-state index in [9.17, 15) is 4.79 Å². The number of pyridine rings is 1. The molecule has 0 aliphatic carbocycles. The summed E-state index contributed by atoms with van der Waals surface area (Å²) < 4.78 is 1.51. The molecule has 4 nitrogen and oxygen atoms in total. The number of hydrogen-bond donors (Lipinski definition) is 2. The van der Waals surface area contributed by atoms with Crippen LogP contribution in [-0.4, -0.2) is 22.3 Å². The summed E-state index contributed by atoms with van der Waals surface area (Å²) in [5.41, 5.74) is 0.765. The van der Waals surface area contributed by atoms with Gasteiger partial charge in [-0.25, -0.2) is 0 Å². The van der Waals surface area contributed by atoms with Crippen LogP contribution in [0.25, 0.3) is 0 Å². The van der Waals surface area contributed by atoms with Crippen molar-refractivity contribution >= 4 is 5.69 Å². The van der Waals surface area contributed by atoms with Crippen molar-refractivity contribution in [3.05, 3.63) is 28.7 Å². The molecule has 0 saturated carbocycles. The van der Waals surface area contributed by atoms with Crippen LogP contribution in [-0.2, 0) is 7.05 Å². The number of aliphatic hydroxyl groups excluding tert-OH is 1. The average Bonchev–Trinajstić information content (AvgIpc) is 2.10. The van der Waals surface area contributed by atoms with E-state index in [-0.39, 0.29) is 11.7 Å². The zero-order chi connectivity index (χ0) is 10.6. The van der Waals surface area contributed by atoms with E-state index in [1.165, 1.54) is 4.57 Å². The number of nitrogens with one attached hydrogen (secondary N) is 1. The standard InChI is InChI=1S/C10H16N2O2/c1-8(13)3-5-11-9-4-6-12(2)10(14)7-9/h4,6-8,11,13H,3,5H2,1-2H3. The fourth-order valence-corrected chi connectivity index (χ4v) is 1.08. The second-order valence-electron chi connectivity index (χ2n) is 3.43. The number of nitrogens with zero attached hydrogens (tertiary/aromatic N) is 1. The van der Waals surface area contributed by atoms with Crippen molar-refractivity contribution < 1.29 is 5.11 Å². The summed E-state index contributed by atoms with van der Waals surface area (Å²) in [5, 5.41) is 12.1. The first-order valence-electron chi connectivity index (χ1n) is 4.68. The van der Waals surface area contributed by atoms with Crippen LogP contribution in [0.15, 0.2) is 23.1 Å². The first kappa shape index (κ1) is 10.8. The van der Waals surface area contributed by atoms with E-state index in [4.69, 9.17) is 5.11 Å². The molecule has 1 atom stereocenters. The first-order valence-corrected chi connectivity index (χ1v) is 4.68. The SMILES string of the molecule is CC(O)CCNc1ccn(C)c(=O)c1. The fraction of sp³-hybridized carbons (Fsp3) is 0.500. The minimum Gasteiger partial charge on any atom is -0.393 e. The molecule has 1 rings (SSSR count). The lowest BCUT2D eigenvalue weighted by Gasteiger charge is -2.07. The van der Waals surface area contributed by atoms with Gasteiger partial charge in [0, 0.05) is 31.5 Å². The highest BCUT2D eigenvalue weighted by Crippen LogP contribution is 2.01. The van der Waals surface area contributed by atoms with Crippen molar-refractivity contribution in [1.29, 1.82) is 0 Å². The van der Waals surface area contributed by atoms with Gasteiger partial charge < -0.3 is 15.0 Å². The lowest BCUT2D eigenvalue weighted by molar-refractivity contribution is 0.189. The third-order valence-corrected chi connectivity index (χ3v) is 2.00. The molecular weight excluding hydrogens is 180 g/mol. The van der Waals surface area contributed by atoms with Crippen LogP contribution in [0.1, 0.15) is 13.3 Å². The van der Waals surface area contributed by atoms with Gasteiger partial charge in [0.05, 0.1) is 6.10 Å². The van der Waals surface area contributed by atoms with Crippen molar-refractivity contribution in [2.24, 2.45) is 7.05 Å². The summed E-state index contributed by atoms with van der Waals surface area (Å²) in [4.78, 5) is 11.2. The van der Waals surface area contributed by atoms with Gasteiger partial charge in [0.25, 0.3) is 5.56 Å². The molecule has 78 valence electrons. The normalized spacial score (nSPS) is 12.5. The monoisotopic (exact) mass is 196 g/mol. The molecule has 0 aromatic carbocycles. The summed E-state index contributed by atoms with van der Waals surface area (Å²) in [7, 11) is 1.71. The predicted molar refractivity (Wildman–Crippen MR) is 56.5 cm³/mol. The van der Waals surface area contributed by atoms with Crippen molar-refractivity contribution in [2.75, 3.05) is 11.9 Å². The molecule has 0 bridgehead atoms. The van der Waals surface area contributed by atoms with Gasteiger partial charge in [-0.15, -0.1) is 0 Å². The van der Waals surface area contributed by atoms with Gasteiger partial charge in [-0.3, -0.25) is 4.79 Å². The molecule has 2 N–H and O–H groups in total. The lowest BCUT2D eigenvalue weighted by atomic mass is 10.3. The average molecular weight is 196 g/mol. The van der Waals surface area contributed by atoms with Crippen molar-refractivity contribution in [1.82, 2.24) is 4.57 Å². The van der Waals surface area contributed by atoms with E-state index in [2.05, 4.69) is 5.32 Å². The molecule has 14 heavy (non-hydrogen) atoms. The highest BCUT2D eigenvalue weighted by molar-refractivity contribution is 5.40. The fourth-order valence-electron chi connectivity index (χ4n) is 1.08. The summed E-state index contributed by atoms with van der Waals surface area (Å²) in [6, 6.07) is 3.38. The number of aryl methyl sites for hydroxylation is 1. The first-order chi connectivity index (χ1) is 6.59. The smallest absolute Gasteiger partial charge is 0.252 e. The third-order valence-electron chi connectivity index (χ3n) is 2.00. The van der Waals surface area contributed by atoms with Crippen LogP contribution in [0.2, 0.25) is 0 Å². The van der Waals surface area contributed by atoms with Gasteiger partial charge in [0.2, 0.25) is 0 Å². The van der Waals surface area contributed by atoms with Gasteiger partial charge >= 0.3 is 0 Å².